The summed E-state index contributed by atoms with van der Waals surface area (Å²) in [6.07, 6.45) is 1.67. The molecule has 3 aromatic rings. The van der Waals surface area contributed by atoms with Crippen LogP contribution in [0.3, 0.4) is 0 Å². The van der Waals surface area contributed by atoms with Crippen molar-refractivity contribution in [3.05, 3.63) is 61.4 Å². The zero-order valence-corrected chi connectivity index (χ0v) is 20.2. The van der Waals surface area contributed by atoms with Crippen LogP contribution in [0.4, 0.5) is 0 Å². The van der Waals surface area contributed by atoms with Gasteiger partial charge in [-0.05, 0) is 48.6 Å². The molecule has 4 heterocycles. The van der Waals surface area contributed by atoms with E-state index in [0.29, 0.717) is 40.6 Å². The lowest BCUT2D eigenvalue weighted by molar-refractivity contribution is -0.172. The van der Waals surface area contributed by atoms with Gasteiger partial charge < -0.3 is 19.7 Å². The number of hydrogen-bond acceptors (Lipinski definition) is 6. The number of aromatic nitrogens is 2. The van der Waals surface area contributed by atoms with Crippen molar-refractivity contribution in [2.24, 2.45) is 0 Å². The average molecular weight is 494 g/mol. The highest BCUT2D eigenvalue weighted by Crippen LogP contribution is 2.46. The highest BCUT2D eigenvalue weighted by molar-refractivity contribution is 6.32. The van der Waals surface area contributed by atoms with Crippen LogP contribution in [0, 0.1) is 0 Å². The van der Waals surface area contributed by atoms with Gasteiger partial charge in [-0.2, -0.15) is 0 Å². The Labute approximate surface area is 205 Å². The molecule has 6 rings (SSSR count). The molecule has 1 aliphatic carbocycles. The fraction of sp³-hybridized carbons (Fsp3) is 0.385. The monoisotopic (exact) mass is 493 g/mol. The van der Waals surface area contributed by atoms with Gasteiger partial charge in [-0.1, -0.05) is 18.5 Å². The zero-order valence-electron chi connectivity index (χ0n) is 19.4. The normalized spacial score (nSPS) is 21.8. The van der Waals surface area contributed by atoms with Crippen molar-refractivity contribution >= 4 is 34.4 Å². The summed E-state index contributed by atoms with van der Waals surface area (Å²) in [5.41, 5.74) is 3.44. The number of nitrogens with zero attached hydrogens (tertiary/aromatic N) is 2. The van der Waals surface area contributed by atoms with E-state index >= 15 is 0 Å². The molecule has 0 saturated heterocycles. The third-order valence-electron chi connectivity index (χ3n) is 7.70. The number of pyridine rings is 2. The number of carbonyl (C=O) groups excluding carboxylic acids is 2. The van der Waals surface area contributed by atoms with E-state index < -0.39 is 11.6 Å². The highest BCUT2D eigenvalue weighted by Gasteiger charge is 2.45. The smallest absolute Gasteiger partial charge is 0.343 e. The molecule has 1 amide bonds. The Morgan fingerprint density at radius 1 is 1.31 bits per heavy atom. The standard InChI is InChI=1S/C26H24ClN3O5/c1-3-26(34)17-8-20-23-15(10-30(20)24(32)16(17)11-35-25(26)33)21-13(9-28-12(2)31)4-5-14-18(27)6-7-19(29-23)22(14)21/h6-8,13,34H,3-5,9-11H2,1-2H3,(H,28,31)/t13?,26-/m0/s1. The quantitative estimate of drug-likeness (QED) is 0.425. The van der Waals surface area contributed by atoms with Crippen LogP contribution in [0.2, 0.25) is 5.02 Å². The van der Waals surface area contributed by atoms with Crippen molar-refractivity contribution in [3.63, 3.8) is 0 Å². The van der Waals surface area contributed by atoms with Crippen molar-refractivity contribution in [1.29, 1.82) is 0 Å². The summed E-state index contributed by atoms with van der Waals surface area (Å²) >= 11 is 6.57. The molecule has 2 atom stereocenters. The minimum atomic E-state index is -1.87. The number of benzene rings is 1. The molecule has 0 saturated carbocycles. The Morgan fingerprint density at radius 2 is 2.11 bits per heavy atom. The molecule has 0 spiro atoms. The molecule has 180 valence electrons. The van der Waals surface area contributed by atoms with Crippen LogP contribution in [0.25, 0.3) is 22.3 Å². The van der Waals surface area contributed by atoms with Gasteiger partial charge in [0.1, 0.15) is 6.61 Å². The Hall–Kier alpha value is -3.23. The lowest BCUT2D eigenvalue weighted by atomic mass is 9.79. The van der Waals surface area contributed by atoms with E-state index in [4.69, 9.17) is 21.3 Å². The molecule has 1 aromatic carbocycles. The first-order valence-corrected chi connectivity index (χ1v) is 12.2. The maximum atomic E-state index is 13.6. The van der Waals surface area contributed by atoms with Crippen LogP contribution in [0.5, 0.6) is 0 Å². The highest BCUT2D eigenvalue weighted by atomic mass is 35.5. The van der Waals surface area contributed by atoms with E-state index in [0.717, 1.165) is 40.4 Å². The van der Waals surface area contributed by atoms with Gasteiger partial charge in [0.05, 0.1) is 29.0 Å². The number of carbonyl (C=O) groups is 2. The number of amides is 1. The van der Waals surface area contributed by atoms with Gasteiger partial charge in [0, 0.05) is 40.9 Å². The number of fused-ring (bicyclic) bond motifs is 5. The number of halogens is 1. The molecule has 0 bridgehead atoms. The molecule has 35 heavy (non-hydrogen) atoms. The van der Waals surface area contributed by atoms with Crippen molar-refractivity contribution in [3.8, 4) is 11.4 Å². The van der Waals surface area contributed by atoms with E-state index in [1.54, 1.807) is 17.6 Å². The van der Waals surface area contributed by atoms with Crippen LogP contribution in [-0.4, -0.2) is 33.1 Å². The van der Waals surface area contributed by atoms with Gasteiger partial charge in [-0.15, -0.1) is 0 Å². The van der Waals surface area contributed by atoms with Crippen molar-refractivity contribution in [2.45, 2.75) is 57.8 Å². The molecule has 8 nitrogen and oxygen atoms in total. The largest absolute Gasteiger partial charge is 0.458 e. The first kappa shape index (κ1) is 22.2. The molecule has 3 aliphatic rings. The van der Waals surface area contributed by atoms with E-state index in [9.17, 15) is 19.5 Å². The van der Waals surface area contributed by atoms with Crippen LogP contribution in [0.1, 0.15) is 60.4 Å². The number of aliphatic hydroxyl groups is 1. The number of esters is 1. The van der Waals surface area contributed by atoms with Crippen LogP contribution in [0.15, 0.2) is 23.0 Å². The van der Waals surface area contributed by atoms with E-state index in [2.05, 4.69) is 5.32 Å². The summed E-state index contributed by atoms with van der Waals surface area (Å²) in [6, 6.07) is 5.45. The van der Waals surface area contributed by atoms with Gasteiger partial charge in [-0.3, -0.25) is 9.59 Å². The SMILES string of the molecule is CC[C@@]1(O)C(=O)OCc2c1cc1n(c2=O)Cc2c-1nc1ccc(Cl)c3c1c2C(CNC(C)=O)CC3. The number of nitrogens with one attached hydrogen (secondary N) is 1. The predicted octanol–water partition coefficient (Wildman–Crippen LogP) is 2.90. The summed E-state index contributed by atoms with van der Waals surface area (Å²) in [5, 5.41) is 15.7. The van der Waals surface area contributed by atoms with Gasteiger partial charge in [0.15, 0.2) is 5.60 Å². The summed E-state index contributed by atoms with van der Waals surface area (Å²) in [5.74, 6) is -0.799. The average Bonchev–Trinajstić information content (AvgIpc) is 3.21. The molecule has 0 fully saturated rings. The predicted molar refractivity (Wildman–Crippen MR) is 129 cm³/mol. The van der Waals surface area contributed by atoms with Gasteiger partial charge >= 0.3 is 5.97 Å². The first-order chi connectivity index (χ1) is 16.7. The van der Waals surface area contributed by atoms with Gasteiger partial charge in [0.25, 0.3) is 5.56 Å². The summed E-state index contributed by atoms with van der Waals surface area (Å²) < 4.78 is 6.82. The third kappa shape index (κ3) is 3.02. The summed E-state index contributed by atoms with van der Waals surface area (Å²) in [6.45, 7) is 3.81. The Balaban J connectivity index is 1.63. The van der Waals surface area contributed by atoms with E-state index in [1.165, 1.54) is 6.92 Å². The number of rotatable bonds is 3. The first-order valence-electron chi connectivity index (χ1n) is 11.8. The van der Waals surface area contributed by atoms with Crippen LogP contribution < -0.4 is 10.9 Å². The summed E-state index contributed by atoms with van der Waals surface area (Å²) in [7, 11) is 0. The fourth-order valence-corrected chi connectivity index (χ4v) is 6.13. The minimum absolute atomic E-state index is 0.0428. The van der Waals surface area contributed by atoms with E-state index in [1.807, 2.05) is 12.1 Å². The molecular formula is C26H24ClN3O5. The maximum absolute atomic E-state index is 13.6. The molecular weight excluding hydrogens is 470 g/mol. The second-order valence-corrected chi connectivity index (χ2v) is 9.96. The third-order valence-corrected chi connectivity index (χ3v) is 8.05. The van der Waals surface area contributed by atoms with Crippen LogP contribution >= 0.6 is 11.6 Å². The molecule has 1 unspecified atom stereocenters. The number of cyclic esters (lactones) is 1. The lowest BCUT2D eigenvalue weighted by Gasteiger charge is -2.31. The van der Waals surface area contributed by atoms with E-state index in [-0.39, 0.29) is 30.4 Å². The zero-order chi connectivity index (χ0) is 24.6. The maximum Gasteiger partial charge on any atom is 0.343 e. The molecule has 2 aromatic heterocycles. The second-order valence-electron chi connectivity index (χ2n) is 9.55. The lowest BCUT2D eigenvalue weighted by Crippen LogP contribution is -2.44. The number of hydrogen-bond donors (Lipinski definition) is 2. The fourth-order valence-electron chi connectivity index (χ4n) is 5.88. The van der Waals surface area contributed by atoms with Crippen molar-refractivity contribution in [1.82, 2.24) is 14.9 Å². The summed E-state index contributed by atoms with van der Waals surface area (Å²) in [4.78, 5) is 42.7. The Morgan fingerprint density at radius 3 is 2.86 bits per heavy atom. The van der Waals surface area contributed by atoms with Crippen molar-refractivity contribution in [2.75, 3.05) is 6.54 Å². The van der Waals surface area contributed by atoms with Gasteiger partial charge in [0.2, 0.25) is 5.91 Å². The Bertz CT molecular complexity index is 1530. The van der Waals surface area contributed by atoms with Crippen molar-refractivity contribution < 1.29 is 19.4 Å². The molecule has 0 radical (unpaired) electrons. The Kier molecular flexibility index (Phi) is 4.85. The number of aryl methyl sites for hydroxylation is 1. The minimum Gasteiger partial charge on any atom is -0.458 e. The van der Waals surface area contributed by atoms with Crippen LogP contribution in [-0.2, 0) is 39.5 Å². The number of ether oxygens (including phenoxy) is 1. The molecule has 2 N–H and O–H groups in total. The van der Waals surface area contributed by atoms with Gasteiger partial charge in [-0.25, -0.2) is 9.78 Å². The molecule has 2 aliphatic heterocycles. The molecule has 9 heteroatoms. The second kappa shape index (κ2) is 7.63. The topological polar surface area (TPSA) is 111 Å².